The molecule has 3 rings (SSSR count). The first kappa shape index (κ1) is 14.0. The number of nitrogens with zero attached hydrogens (tertiary/aromatic N) is 3. The molecule has 1 aromatic rings. The number of fused-ring (bicyclic) bond motifs is 1. The second kappa shape index (κ2) is 5.42. The van der Waals surface area contributed by atoms with Gasteiger partial charge in [0, 0.05) is 37.3 Å². The summed E-state index contributed by atoms with van der Waals surface area (Å²) in [4.78, 5) is 31.6. The molecule has 0 saturated carbocycles. The summed E-state index contributed by atoms with van der Waals surface area (Å²) in [5.74, 6) is -0.650. The van der Waals surface area contributed by atoms with E-state index < -0.39 is 5.95 Å². The quantitative estimate of drug-likeness (QED) is 0.775. The molecular formula is C15H18FN3O2. The summed E-state index contributed by atoms with van der Waals surface area (Å²) in [5, 5.41) is 0. The van der Waals surface area contributed by atoms with Crippen molar-refractivity contribution in [2.45, 2.75) is 38.3 Å². The molecule has 21 heavy (non-hydrogen) atoms. The molecule has 5 nitrogen and oxygen atoms in total. The number of likely N-dealkylation sites (N-methyl/N-ethyl adjacent to an activating group) is 1. The van der Waals surface area contributed by atoms with Crippen LogP contribution in [0.25, 0.3) is 0 Å². The van der Waals surface area contributed by atoms with Crippen molar-refractivity contribution in [1.82, 2.24) is 14.8 Å². The van der Waals surface area contributed by atoms with Crippen molar-refractivity contribution in [3.05, 3.63) is 29.8 Å². The first-order valence-corrected chi connectivity index (χ1v) is 7.33. The minimum absolute atomic E-state index is 0.0476. The molecule has 6 heteroatoms. The molecule has 2 aliphatic rings. The highest BCUT2D eigenvalue weighted by molar-refractivity contribution is 5.94. The van der Waals surface area contributed by atoms with Gasteiger partial charge in [-0.05, 0) is 25.8 Å². The molecule has 0 radical (unpaired) electrons. The zero-order chi connectivity index (χ0) is 15.0. The number of amides is 2. The van der Waals surface area contributed by atoms with E-state index in [2.05, 4.69) is 4.98 Å². The van der Waals surface area contributed by atoms with Crippen molar-refractivity contribution in [3.63, 3.8) is 0 Å². The number of pyridine rings is 1. The fourth-order valence-corrected chi connectivity index (χ4v) is 3.51. The summed E-state index contributed by atoms with van der Waals surface area (Å²) >= 11 is 0. The van der Waals surface area contributed by atoms with Gasteiger partial charge in [0.25, 0.3) is 5.91 Å². The van der Waals surface area contributed by atoms with Crippen LogP contribution in [0.2, 0.25) is 0 Å². The van der Waals surface area contributed by atoms with Gasteiger partial charge in [0.2, 0.25) is 11.9 Å². The van der Waals surface area contributed by atoms with Crippen LogP contribution in [0.1, 0.15) is 36.5 Å². The number of rotatable bonds is 2. The van der Waals surface area contributed by atoms with Gasteiger partial charge >= 0.3 is 0 Å². The van der Waals surface area contributed by atoms with E-state index >= 15 is 0 Å². The minimum atomic E-state index is -0.648. The van der Waals surface area contributed by atoms with Crippen LogP contribution in [0.4, 0.5) is 4.39 Å². The van der Waals surface area contributed by atoms with Crippen LogP contribution < -0.4 is 0 Å². The average molecular weight is 291 g/mol. The van der Waals surface area contributed by atoms with E-state index in [0.29, 0.717) is 31.5 Å². The number of hydrogen-bond acceptors (Lipinski definition) is 3. The molecule has 112 valence electrons. The van der Waals surface area contributed by atoms with Crippen LogP contribution in [0.3, 0.4) is 0 Å². The highest BCUT2D eigenvalue weighted by atomic mass is 19.1. The predicted octanol–water partition coefficient (Wildman–Crippen LogP) is 1.45. The Morgan fingerprint density at radius 3 is 2.95 bits per heavy atom. The summed E-state index contributed by atoms with van der Waals surface area (Å²) in [6, 6.07) is 2.85. The zero-order valence-electron chi connectivity index (χ0n) is 12.0. The van der Waals surface area contributed by atoms with Crippen LogP contribution in [0, 0.1) is 5.95 Å². The van der Waals surface area contributed by atoms with E-state index in [0.717, 1.165) is 6.42 Å². The van der Waals surface area contributed by atoms with E-state index in [1.807, 2.05) is 11.8 Å². The van der Waals surface area contributed by atoms with E-state index in [-0.39, 0.29) is 23.9 Å². The summed E-state index contributed by atoms with van der Waals surface area (Å²) in [6.07, 6.45) is 3.27. The van der Waals surface area contributed by atoms with Gasteiger partial charge in [0.15, 0.2) is 0 Å². The second-order valence-corrected chi connectivity index (χ2v) is 5.51. The smallest absolute Gasteiger partial charge is 0.254 e. The third kappa shape index (κ3) is 2.39. The first-order chi connectivity index (χ1) is 10.1. The Morgan fingerprint density at radius 2 is 2.24 bits per heavy atom. The van der Waals surface area contributed by atoms with E-state index in [1.165, 1.54) is 18.3 Å². The summed E-state index contributed by atoms with van der Waals surface area (Å²) in [6.45, 7) is 3.25. The molecule has 0 N–H and O–H groups in total. The standard InChI is InChI=1S/C15H18FN3O2/c1-2-18-12-6-8-19(11(12)3-4-14(18)20)15(21)10-5-7-17-13(16)9-10/h5,7,9,11-12H,2-4,6,8H2,1H3/t11-,12-/m1/s1. The molecule has 2 atom stereocenters. The largest absolute Gasteiger partial charge is 0.338 e. The average Bonchev–Trinajstić information content (AvgIpc) is 2.90. The predicted molar refractivity (Wildman–Crippen MR) is 74.0 cm³/mol. The lowest BCUT2D eigenvalue weighted by Crippen LogP contribution is -2.53. The maximum Gasteiger partial charge on any atom is 0.254 e. The molecule has 2 amide bonds. The summed E-state index contributed by atoms with van der Waals surface area (Å²) < 4.78 is 13.2. The molecule has 0 spiro atoms. The van der Waals surface area contributed by atoms with Crippen LogP contribution in [-0.4, -0.2) is 51.8 Å². The van der Waals surface area contributed by atoms with Gasteiger partial charge in [-0.15, -0.1) is 0 Å². The van der Waals surface area contributed by atoms with Gasteiger partial charge in [-0.3, -0.25) is 9.59 Å². The van der Waals surface area contributed by atoms with Gasteiger partial charge in [-0.2, -0.15) is 4.39 Å². The SMILES string of the molecule is CCN1C(=O)CC[C@@H]2[C@H]1CCN2C(=O)c1ccnc(F)c1. The Bertz CT molecular complexity index is 578. The maximum absolute atomic E-state index is 13.2. The lowest BCUT2D eigenvalue weighted by atomic mass is 9.96. The van der Waals surface area contributed by atoms with Crippen LogP contribution >= 0.6 is 0 Å². The third-order valence-corrected chi connectivity index (χ3v) is 4.46. The molecule has 2 saturated heterocycles. The van der Waals surface area contributed by atoms with E-state index in [9.17, 15) is 14.0 Å². The summed E-state index contributed by atoms with van der Waals surface area (Å²) in [5.41, 5.74) is 0.322. The van der Waals surface area contributed by atoms with Gasteiger partial charge in [0.1, 0.15) is 0 Å². The number of hydrogen-bond donors (Lipinski definition) is 0. The zero-order valence-corrected chi connectivity index (χ0v) is 12.0. The number of carbonyl (C=O) groups is 2. The summed E-state index contributed by atoms with van der Waals surface area (Å²) in [7, 11) is 0. The molecule has 0 aromatic carbocycles. The van der Waals surface area contributed by atoms with Gasteiger partial charge in [-0.25, -0.2) is 4.98 Å². The Labute approximate surface area is 122 Å². The molecule has 1 aromatic heterocycles. The highest BCUT2D eigenvalue weighted by Crippen LogP contribution is 2.32. The molecule has 3 heterocycles. The molecule has 2 fully saturated rings. The Balaban J connectivity index is 1.82. The first-order valence-electron chi connectivity index (χ1n) is 7.33. The van der Waals surface area contributed by atoms with Crippen LogP contribution in [0.15, 0.2) is 18.3 Å². The van der Waals surface area contributed by atoms with Crippen molar-refractivity contribution in [2.24, 2.45) is 0 Å². The Morgan fingerprint density at radius 1 is 1.43 bits per heavy atom. The number of likely N-dealkylation sites (tertiary alicyclic amines) is 2. The molecule has 0 unspecified atom stereocenters. The molecular weight excluding hydrogens is 273 g/mol. The normalized spacial score (nSPS) is 25.1. The third-order valence-electron chi connectivity index (χ3n) is 4.46. The molecule has 0 bridgehead atoms. The van der Waals surface area contributed by atoms with Gasteiger partial charge in [-0.1, -0.05) is 0 Å². The monoisotopic (exact) mass is 291 g/mol. The van der Waals surface area contributed by atoms with Crippen LogP contribution in [0.5, 0.6) is 0 Å². The highest BCUT2D eigenvalue weighted by Gasteiger charge is 2.44. The topological polar surface area (TPSA) is 53.5 Å². The number of aromatic nitrogens is 1. The lowest BCUT2D eigenvalue weighted by molar-refractivity contribution is -0.137. The maximum atomic E-state index is 13.2. The van der Waals surface area contributed by atoms with Crippen LogP contribution in [-0.2, 0) is 4.79 Å². The van der Waals surface area contributed by atoms with Crippen molar-refractivity contribution >= 4 is 11.8 Å². The van der Waals surface area contributed by atoms with E-state index in [4.69, 9.17) is 0 Å². The number of piperidine rings is 1. The fraction of sp³-hybridized carbons (Fsp3) is 0.533. The van der Waals surface area contributed by atoms with Crippen molar-refractivity contribution < 1.29 is 14.0 Å². The minimum Gasteiger partial charge on any atom is -0.338 e. The number of carbonyl (C=O) groups excluding carboxylic acids is 2. The molecule has 0 aliphatic carbocycles. The van der Waals surface area contributed by atoms with Gasteiger partial charge in [0.05, 0.1) is 12.1 Å². The lowest BCUT2D eigenvalue weighted by Gasteiger charge is -2.39. The second-order valence-electron chi connectivity index (χ2n) is 5.51. The molecule has 2 aliphatic heterocycles. The van der Waals surface area contributed by atoms with Crippen molar-refractivity contribution in [2.75, 3.05) is 13.1 Å². The fourth-order valence-electron chi connectivity index (χ4n) is 3.51. The van der Waals surface area contributed by atoms with Crippen molar-refractivity contribution in [3.8, 4) is 0 Å². The Kier molecular flexibility index (Phi) is 3.61. The van der Waals surface area contributed by atoms with E-state index in [1.54, 1.807) is 4.90 Å². The van der Waals surface area contributed by atoms with Crippen molar-refractivity contribution in [1.29, 1.82) is 0 Å². The van der Waals surface area contributed by atoms with Gasteiger partial charge < -0.3 is 9.80 Å². The number of halogens is 1. The Hall–Kier alpha value is -1.98.